The van der Waals surface area contributed by atoms with Crippen molar-refractivity contribution in [3.05, 3.63) is 29.8 Å². The van der Waals surface area contributed by atoms with Gasteiger partial charge in [0.15, 0.2) is 0 Å². The summed E-state index contributed by atoms with van der Waals surface area (Å²) in [5.74, 6) is 0.392. The molecule has 3 rings (SSSR count). The van der Waals surface area contributed by atoms with Gasteiger partial charge in [0.1, 0.15) is 0 Å². The SMILES string of the molecule is CNC(=O)CN1CCC(NC(=O)c2ccccc2SCC(=O)N(C)C2CCCCC2)CC1. The fourth-order valence-corrected chi connectivity index (χ4v) is 5.45. The zero-order chi connectivity index (χ0) is 22.9. The number of carbonyl (C=O) groups excluding carboxylic acids is 3. The molecule has 0 unspecified atom stereocenters. The molecule has 2 N–H and O–H groups in total. The number of thioether (sulfide) groups is 1. The quantitative estimate of drug-likeness (QED) is 0.583. The third-order valence-electron chi connectivity index (χ3n) is 6.57. The van der Waals surface area contributed by atoms with E-state index in [0.717, 1.165) is 43.7 Å². The molecular formula is C24H36N4O3S. The van der Waals surface area contributed by atoms with Crippen molar-refractivity contribution in [2.24, 2.45) is 0 Å². The number of piperidine rings is 1. The number of benzene rings is 1. The minimum Gasteiger partial charge on any atom is -0.358 e. The fourth-order valence-electron chi connectivity index (χ4n) is 4.47. The molecule has 8 heteroatoms. The summed E-state index contributed by atoms with van der Waals surface area (Å²) in [5.41, 5.74) is 0.624. The van der Waals surface area contributed by atoms with Gasteiger partial charge in [-0.05, 0) is 37.8 Å². The van der Waals surface area contributed by atoms with Gasteiger partial charge >= 0.3 is 0 Å². The Labute approximate surface area is 195 Å². The van der Waals surface area contributed by atoms with Crippen molar-refractivity contribution >= 4 is 29.5 Å². The lowest BCUT2D eigenvalue weighted by Gasteiger charge is -2.32. The third-order valence-corrected chi connectivity index (χ3v) is 7.63. The first kappa shape index (κ1) is 24.6. The van der Waals surface area contributed by atoms with Gasteiger partial charge in [0, 0.05) is 44.2 Å². The summed E-state index contributed by atoms with van der Waals surface area (Å²) in [6, 6.07) is 7.96. The van der Waals surface area contributed by atoms with E-state index in [2.05, 4.69) is 15.5 Å². The van der Waals surface area contributed by atoms with Crippen LogP contribution in [0.5, 0.6) is 0 Å². The Morgan fingerprint density at radius 2 is 1.75 bits per heavy atom. The van der Waals surface area contributed by atoms with Crippen LogP contribution < -0.4 is 10.6 Å². The maximum absolute atomic E-state index is 13.0. The van der Waals surface area contributed by atoms with E-state index in [1.165, 1.54) is 31.0 Å². The standard InChI is InChI=1S/C24H36N4O3S/c1-25-22(29)16-28-14-12-18(13-15-28)26-24(31)20-10-6-7-11-21(20)32-17-23(30)27(2)19-8-4-3-5-9-19/h6-7,10-11,18-19H,3-5,8-9,12-17H2,1-2H3,(H,25,29)(H,26,31). The molecule has 7 nitrogen and oxygen atoms in total. The Morgan fingerprint density at radius 1 is 1.06 bits per heavy atom. The number of nitrogens with one attached hydrogen (secondary N) is 2. The van der Waals surface area contributed by atoms with E-state index in [9.17, 15) is 14.4 Å². The summed E-state index contributed by atoms with van der Waals surface area (Å²) in [5, 5.41) is 5.80. The number of hydrogen-bond acceptors (Lipinski definition) is 5. The molecular weight excluding hydrogens is 424 g/mol. The molecule has 1 heterocycles. The van der Waals surface area contributed by atoms with Crippen molar-refractivity contribution in [1.29, 1.82) is 0 Å². The Morgan fingerprint density at radius 3 is 2.44 bits per heavy atom. The van der Waals surface area contributed by atoms with Gasteiger partial charge in [-0.2, -0.15) is 0 Å². The van der Waals surface area contributed by atoms with Crippen LogP contribution in [0.15, 0.2) is 29.2 Å². The predicted molar refractivity (Wildman–Crippen MR) is 128 cm³/mol. The maximum Gasteiger partial charge on any atom is 0.252 e. The second kappa shape index (κ2) is 12.3. The van der Waals surface area contributed by atoms with Gasteiger partial charge in [-0.1, -0.05) is 31.4 Å². The van der Waals surface area contributed by atoms with E-state index < -0.39 is 0 Å². The van der Waals surface area contributed by atoms with Crippen molar-refractivity contribution < 1.29 is 14.4 Å². The molecule has 2 aliphatic rings. The van der Waals surface area contributed by atoms with Crippen LogP contribution in [0.25, 0.3) is 0 Å². The smallest absolute Gasteiger partial charge is 0.252 e. The summed E-state index contributed by atoms with van der Waals surface area (Å²) < 4.78 is 0. The Balaban J connectivity index is 1.50. The van der Waals surface area contributed by atoms with Gasteiger partial charge in [-0.3, -0.25) is 19.3 Å². The van der Waals surface area contributed by atoms with Crippen LogP contribution >= 0.6 is 11.8 Å². The van der Waals surface area contributed by atoms with E-state index in [0.29, 0.717) is 23.9 Å². The van der Waals surface area contributed by atoms with Crippen LogP contribution in [0.1, 0.15) is 55.3 Å². The molecule has 2 fully saturated rings. The van der Waals surface area contributed by atoms with Gasteiger partial charge in [0.05, 0.1) is 17.9 Å². The fraction of sp³-hybridized carbons (Fsp3) is 0.625. The Kier molecular flexibility index (Phi) is 9.41. The minimum atomic E-state index is -0.0917. The molecule has 1 aliphatic carbocycles. The lowest BCUT2D eigenvalue weighted by molar-refractivity contribution is -0.129. The lowest BCUT2D eigenvalue weighted by atomic mass is 9.94. The highest BCUT2D eigenvalue weighted by atomic mass is 32.2. The van der Waals surface area contributed by atoms with Crippen LogP contribution in [0, 0.1) is 0 Å². The molecule has 1 aromatic carbocycles. The molecule has 1 saturated heterocycles. The van der Waals surface area contributed by atoms with Crippen LogP contribution in [0.4, 0.5) is 0 Å². The van der Waals surface area contributed by atoms with Crippen molar-refractivity contribution in [3.63, 3.8) is 0 Å². The van der Waals surface area contributed by atoms with E-state index >= 15 is 0 Å². The molecule has 0 bridgehead atoms. The molecule has 0 spiro atoms. The molecule has 1 aliphatic heterocycles. The van der Waals surface area contributed by atoms with Gasteiger partial charge in [0.2, 0.25) is 11.8 Å². The molecule has 32 heavy (non-hydrogen) atoms. The molecule has 0 radical (unpaired) electrons. The van der Waals surface area contributed by atoms with Crippen LogP contribution in [-0.2, 0) is 9.59 Å². The Bertz CT molecular complexity index is 789. The van der Waals surface area contributed by atoms with Crippen LogP contribution in [-0.4, -0.2) is 79.1 Å². The normalized spacial score (nSPS) is 18.2. The molecule has 1 saturated carbocycles. The van der Waals surface area contributed by atoms with E-state index in [4.69, 9.17) is 0 Å². The highest BCUT2D eigenvalue weighted by Crippen LogP contribution is 2.26. The first-order chi connectivity index (χ1) is 15.5. The van der Waals surface area contributed by atoms with Gasteiger partial charge in [0.25, 0.3) is 5.91 Å². The largest absolute Gasteiger partial charge is 0.358 e. The summed E-state index contributed by atoms with van der Waals surface area (Å²) in [6.07, 6.45) is 7.49. The van der Waals surface area contributed by atoms with Gasteiger partial charge in [-0.15, -0.1) is 11.8 Å². The lowest BCUT2D eigenvalue weighted by Crippen LogP contribution is -2.47. The topological polar surface area (TPSA) is 81.8 Å². The van der Waals surface area contributed by atoms with Crippen LogP contribution in [0.3, 0.4) is 0 Å². The average molecular weight is 461 g/mol. The van der Waals surface area contributed by atoms with Gasteiger partial charge < -0.3 is 15.5 Å². The molecule has 0 atom stereocenters. The number of amides is 3. The van der Waals surface area contributed by atoms with Crippen molar-refractivity contribution in [3.8, 4) is 0 Å². The zero-order valence-electron chi connectivity index (χ0n) is 19.3. The minimum absolute atomic E-state index is 0.0158. The molecule has 3 amide bonds. The summed E-state index contributed by atoms with van der Waals surface area (Å²) in [7, 11) is 3.56. The first-order valence-corrected chi connectivity index (χ1v) is 12.7. The van der Waals surface area contributed by atoms with Crippen molar-refractivity contribution in [1.82, 2.24) is 20.4 Å². The van der Waals surface area contributed by atoms with E-state index in [1.54, 1.807) is 7.05 Å². The zero-order valence-corrected chi connectivity index (χ0v) is 20.1. The highest BCUT2D eigenvalue weighted by molar-refractivity contribution is 8.00. The first-order valence-electron chi connectivity index (χ1n) is 11.7. The summed E-state index contributed by atoms with van der Waals surface area (Å²) in [6.45, 7) is 1.98. The number of hydrogen-bond donors (Lipinski definition) is 2. The average Bonchev–Trinajstić information content (AvgIpc) is 2.83. The number of likely N-dealkylation sites (tertiary alicyclic amines) is 1. The summed E-state index contributed by atoms with van der Waals surface area (Å²) >= 11 is 1.44. The predicted octanol–water partition coefficient (Wildman–Crippen LogP) is 2.51. The molecule has 176 valence electrons. The van der Waals surface area contributed by atoms with Crippen LogP contribution in [0.2, 0.25) is 0 Å². The third kappa shape index (κ3) is 6.97. The van der Waals surface area contributed by atoms with E-state index in [-0.39, 0.29) is 23.8 Å². The number of nitrogens with zero attached hydrogens (tertiary/aromatic N) is 2. The molecule has 0 aromatic heterocycles. The maximum atomic E-state index is 13.0. The van der Waals surface area contributed by atoms with Gasteiger partial charge in [-0.25, -0.2) is 0 Å². The van der Waals surface area contributed by atoms with Crippen molar-refractivity contribution in [2.45, 2.75) is 61.9 Å². The second-order valence-electron chi connectivity index (χ2n) is 8.78. The second-order valence-corrected chi connectivity index (χ2v) is 9.80. The number of likely N-dealkylation sites (N-methyl/N-ethyl adjacent to an activating group) is 1. The summed E-state index contributed by atoms with van der Waals surface area (Å²) in [4.78, 5) is 42.1. The monoisotopic (exact) mass is 460 g/mol. The van der Waals surface area contributed by atoms with Crippen molar-refractivity contribution in [2.75, 3.05) is 39.5 Å². The number of carbonyl (C=O) groups is 3. The highest BCUT2D eigenvalue weighted by Gasteiger charge is 2.25. The van der Waals surface area contributed by atoms with E-state index in [1.807, 2.05) is 36.2 Å². The Hall–Kier alpha value is -2.06. The number of rotatable bonds is 8. The molecule has 1 aromatic rings.